The zero-order valence-corrected chi connectivity index (χ0v) is 24.4. The van der Waals surface area contributed by atoms with Gasteiger partial charge in [-0.25, -0.2) is 14.3 Å². The first-order valence-corrected chi connectivity index (χ1v) is 14.1. The van der Waals surface area contributed by atoms with Crippen molar-refractivity contribution in [1.82, 2.24) is 39.9 Å². The van der Waals surface area contributed by atoms with Crippen LogP contribution in [0.2, 0.25) is 15.1 Å². The molecule has 2 aromatic carbocycles. The van der Waals surface area contributed by atoms with Crippen LogP contribution in [-0.2, 0) is 0 Å². The predicted molar refractivity (Wildman–Crippen MR) is 151 cm³/mol. The van der Waals surface area contributed by atoms with Crippen LogP contribution >= 0.6 is 34.8 Å². The number of aromatic nitrogens is 7. The third-order valence-electron chi connectivity index (χ3n) is 6.96. The van der Waals surface area contributed by atoms with Crippen molar-refractivity contribution in [3.05, 3.63) is 81.6 Å². The molecule has 1 aliphatic rings. The van der Waals surface area contributed by atoms with Gasteiger partial charge in [-0.05, 0) is 83.7 Å². The number of likely N-dealkylation sites (tertiary alicyclic amines) is 1. The summed E-state index contributed by atoms with van der Waals surface area (Å²) >= 11 is 19.2. The van der Waals surface area contributed by atoms with E-state index in [9.17, 15) is 0 Å². The van der Waals surface area contributed by atoms with E-state index in [1.54, 1.807) is 29.2 Å². The van der Waals surface area contributed by atoms with E-state index >= 15 is 0 Å². The van der Waals surface area contributed by atoms with Crippen LogP contribution in [-0.4, -0.2) is 53.0 Å². The summed E-state index contributed by atoms with van der Waals surface area (Å²) in [7, 11) is 0. The van der Waals surface area contributed by atoms with Crippen molar-refractivity contribution < 1.29 is 4.74 Å². The summed E-state index contributed by atoms with van der Waals surface area (Å²) in [5, 5.41) is 19.6. The zero-order chi connectivity index (χ0) is 27.6. The first kappa shape index (κ1) is 27.8. The van der Waals surface area contributed by atoms with Crippen molar-refractivity contribution in [1.29, 1.82) is 0 Å². The van der Waals surface area contributed by atoms with Gasteiger partial charge < -0.3 is 4.74 Å². The van der Waals surface area contributed by atoms with Crippen molar-refractivity contribution in [2.45, 2.75) is 58.3 Å². The van der Waals surface area contributed by atoms with Gasteiger partial charge >= 0.3 is 0 Å². The topological polar surface area (TPSA) is 86.8 Å². The zero-order valence-electron chi connectivity index (χ0n) is 22.1. The SMILES string of the molecule is CC(C)(C)[C@@H]([C@H](Oc1ccc(Cl)cc1)n1cncn1)n1nnnc1[C@@H](c1ccc(Cl)cc1Cl)N1CCCCC1. The number of halogens is 3. The second-order valence-corrected chi connectivity index (χ2v) is 12.1. The fourth-order valence-electron chi connectivity index (χ4n) is 5.16. The molecule has 0 bridgehead atoms. The molecule has 9 nitrogen and oxygen atoms in total. The summed E-state index contributed by atoms with van der Waals surface area (Å²) < 4.78 is 10.1. The quantitative estimate of drug-likeness (QED) is 0.227. The standard InChI is InChI=1S/C27H31Cl3N8O/c1-27(2,3)24(26(37-17-31-16-32-37)39-20-10-7-18(28)8-11-20)38-25(33-34-35-38)23(36-13-5-4-6-14-36)21-12-9-19(29)15-22(21)30/h7-12,15-17,23-24,26H,4-6,13-14H2,1-3H3/t23-,24-,26+/m1/s1. The highest BCUT2D eigenvalue weighted by Crippen LogP contribution is 2.43. The van der Waals surface area contributed by atoms with Gasteiger partial charge in [-0.15, -0.1) is 5.10 Å². The lowest BCUT2D eigenvalue weighted by molar-refractivity contribution is -0.00232. The summed E-state index contributed by atoms with van der Waals surface area (Å²) in [5.41, 5.74) is 0.534. The van der Waals surface area contributed by atoms with Crippen molar-refractivity contribution in [2.24, 2.45) is 5.41 Å². The minimum atomic E-state index is -0.626. The molecule has 2 aromatic heterocycles. The van der Waals surface area contributed by atoms with E-state index in [4.69, 9.17) is 39.5 Å². The van der Waals surface area contributed by atoms with Crippen LogP contribution in [0.4, 0.5) is 0 Å². The van der Waals surface area contributed by atoms with E-state index in [1.165, 1.54) is 12.7 Å². The number of nitrogens with zero attached hydrogens (tertiary/aromatic N) is 8. The molecule has 0 N–H and O–H groups in total. The van der Waals surface area contributed by atoms with Gasteiger partial charge in [-0.1, -0.05) is 68.1 Å². The minimum absolute atomic E-state index is 0.276. The van der Waals surface area contributed by atoms with Gasteiger partial charge in [-0.3, -0.25) is 4.90 Å². The molecule has 39 heavy (non-hydrogen) atoms. The predicted octanol–water partition coefficient (Wildman–Crippen LogP) is 6.67. The van der Waals surface area contributed by atoms with Crippen molar-refractivity contribution in [2.75, 3.05) is 13.1 Å². The van der Waals surface area contributed by atoms with Crippen LogP contribution in [0.5, 0.6) is 5.75 Å². The van der Waals surface area contributed by atoms with Crippen molar-refractivity contribution in [3.63, 3.8) is 0 Å². The van der Waals surface area contributed by atoms with Crippen LogP contribution < -0.4 is 4.74 Å². The molecule has 0 unspecified atom stereocenters. The van der Waals surface area contributed by atoms with E-state index in [2.05, 4.69) is 51.3 Å². The van der Waals surface area contributed by atoms with Crippen LogP contribution in [0, 0.1) is 5.41 Å². The molecule has 12 heteroatoms. The molecule has 5 rings (SSSR count). The highest BCUT2D eigenvalue weighted by molar-refractivity contribution is 6.35. The van der Waals surface area contributed by atoms with Gasteiger partial charge in [-0.2, -0.15) is 5.10 Å². The Morgan fingerprint density at radius 3 is 2.28 bits per heavy atom. The Morgan fingerprint density at radius 1 is 0.923 bits per heavy atom. The smallest absolute Gasteiger partial charge is 0.215 e. The lowest BCUT2D eigenvalue weighted by Crippen LogP contribution is -2.41. The number of hydrogen-bond acceptors (Lipinski definition) is 7. The third kappa shape index (κ3) is 6.22. The first-order valence-electron chi connectivity index (χ1n) is 13.0. The molecule has 0 amide bonds. The average molecular weight is 590 g/mol. The number of ether oxygens (including phenoxy) is 1. The Balaban J connectivity index is 1.64. The Morgan fingerprint density at radius 2 is 1.64 bits per heavy atom. The van der Waals surface area contributed by atoms with E-state index in [1.807, 2.05) is 28.9 Å². The van der Waals surface area contributed by atoms with Crippen molar-refractivity contribution in [3.8, 4) is 5.75 Å². The third-order valence-corrected chi connectivity index (χ3v) is 7.78. The summed E-state index contributed by atoms with van der Waals surface area (Å²) in [6, 6.07) is 12.2. The highest BCUT2D eigenvalue weighted by Gasteiger charge is 2.42. The fraction of sp³-hybridized carbons (Fsp3) is 0.444. The van der Waals surface area contributed by atoms with Gasteiger partial charge in [0.1, 0.15) is 24.4 Å². The molecule has 0 aliphatic carbocycles. The second kappa shape index (κ2) is 11.8. The Hall–Kier alpha value is -2.72. The van der Waals surface area contributed by atoms with Gasteiger partial charge in [0.05, 0.1) is 6.04 Å². The molecule has 206 valence electrons. The lowest BCUT2D eigenvalue weighted by Gasteiger charge is -2.39. The van der Waals surface area contributed by atoms with E-state index in [0.29, 0.717) is 26.6 Å². The average Bonchev–Trinajstić information content (AvgIpc) is 3.59. The number of piperidine rings is 1. The van der Waals surface area contributed by atoms with Gasteiger partial charge in [0.2, 0.25) is 6.23 Å². The molecule has 0 spiro atoms. The fourth-order valence-corrected chi connectivity index (χ4v) is 5.80. The summed E-state index contributed by atoms with van der Waals surface area (Å²) in [6.07, 6.45) is 5.87. The maximum absolute atomic E-state index is 6.80. The summed E-state index contributed by atoms with van der Waals surface area (Å²) in [5.74, 6) is 1.31. The number of hydrogen-bond donors (Lipinski definition) is 0. The van der Waals surface area contributed by atoms with Gasteiger partial charge in [0.25, 0.3) is 0 Å². The Labute approximate surface area is 243 Å². The van der Waals surface area contributed by atoms with Crippen LogP contribution in [0.15, 0.2) is 55.1 Å². The van der Waals surface area contributed by atoms with Crippen LogP contribution in [0.1, 0.15) is 69.7 Å². The Kier molecular flexibility index (Phi) is 8.42. The summed E-state index contributed by atoms with van der Waals surface area (Å²) in [6.45, 7) is 8.20. The minimum Gasteiger partial charge on any atom is -0.466 e. The molecule has 3 atom stereocenters. The Bertz CT molecular complexity index is 1360. The van der Waals surface area contributed by atoms with E-state index < -0.39 is 12.3 Å². The van der Waals surface area contributed by atoms with E-state index in [-0.39, 0.29) is 11.5 Å². The summed E-state index contributed by atoms with van der Waals surface area (Å²) in [4.78, 5) is 6.59. The molecular weight excluding hydrogens is 559 g/mol. The number of rotatable bonds is 8. The molecule has 3 heterocycles. The monoisotopic (exact) mass is 588 g/mol. The molecule has 1 saturated heterocycles. The van der Waals surface area contributed by atoms with Crippen LogP contribution in [0.25, 0.3) is 0 Å². The molecule has 4 aromatic rings. The number of tetrazole rings is 1. The number of benzene rings is 2. The first-order chi connectivity index (χ1) is 18.7. The normalized spacial score (nSPS) is 17.1. The van der Waals surface area contributed by atoms with Gasteiger partial charge in [0.15, 0.2) is 5.82 Å². The van der Waals surface area contributed by atoms with Crippen molar-refractivity contribution >= 4 is 34.8 Å². The molecule has 0 radical (unpaired) electrons. The van der Waals surface area contributed by atoms with Crippen LogP contribution in [0.3, 0.4) is 0 Å². The largest absolute Gasteiger partial charge is 0.466 e. The maximum Gasteiger partial charge on any atom is 0.215 e. The lowest BCUT2D eigenvalue weighted by atomic mass is 9.85. The highest BCUT2D eigenvalue weighted by atomic mass is 35.5. The molecule has 1 fully saturated rings. The van der Waals surface area contributed by atoms with Gasteiger partial charge in [0, 0.05) is 15.1 Å². The van der Waals surface area contributed by atoms with E-state index in [0.717, 1.165) is 31.5 Å². The molecule has 1 aliphatic heterocycles. The molecule has 0 saturated carbocycles. The maximum atomic E-state index is 6.80. The molecular formula is C27H31Cl3N8O. The second-order valence-electron chi connectivity index (χ2n) is 10.8.